The van der Waals surface area contributed by atoms with E-state index in [4.69, 9.17) is 0 Å². The van der Waals surface area contributed by atoms with Gasteiger partial charge in [-0.2, -0.15) is 42.3 Å². The Bertz CT molecular complexity index is 419. The van der Waals surface area contributed by atoms with Crippen molar-refractivity contribution >= 4 is 17.7 Å². The van der Waals surface area contributed by atoms with Gasteiger partial charge >= 0.3 is 122 Å². The molecule has 0 aliphatic heterocycles. The number of hydrogen-bond donors (Lipinski definition) is 0. The fourth-order valence-corrected chi connectivity index (χ4v) is 7.13. The van der Waals surface area contributed by atoms with Crippen molar-refractivity contribution in [2.45, 2.75) is 15.0 Å². The van der Waals surface area contributed by atoms with Crippen molar-refractivity contribution in [3.63, 3.8) is 0 Å². The second-order valence-electron chi connectivity index (χ2n) is 4.76. The molecule has 0 N–H and O–H groups in total. The number of rotatable bonds is 1. The fourth-order valence-electron chi connectivity index (χ4n) is 1.60. The van der Waals surface area contributed by atoms with Gasteiger partial charge in [-0.05, 0) is 0 Å². The molecular formula is C14H22F9GeHfN3. The second kappa shape index (κ2) is 15.8. The molecule has 14 heteroatoms. The molecule has 0 fully saturated rings. The number of alkyl halides is 9. The minimum absolute atomic E-state index is 0. The quantitative estimate of drug-likeness (QED) is 0.227. The predicted octanol–water partition coefficient (Wildman–Crippen LogP) is 5.22. The van der Waals surface area contributed by atoms with Gasteiger partial charge in [-0.3, -0.25) is 0 Å². The van der Waals surface area contributed by atoms with Gasteiger partial charge in [0.25, 0.3) is 0 Å². The summed E-state index contributed by atoms with van der Waals surface area (Å²) >= 11 is -8.38. The number of halogens is 9. The molecule has 0 radical (unpaired) electrons. The van der Waals surface area contributed by atoms with Crippen LogP contribution >= 0.6 is 0 Å². The molecule has 0 bridgehead atoms. The molecule has 28 heavy (non-hydrogen) atoms. The molecule has 0 spiro atoms. The summed E-state index contributed by atoms with van der Waals surface area (Å²) in [6.45, 7) is 0. The molecule has 1 rings (SSSR count). The molecule has 0 aliphatic rings. The van der Waals surface area contributed by atoms with Crippen molar-refractivity contribution in [1.29, 1.82) is 0 Å². The minimum atomic E-state index is -8.38. The Hall–Kier alpha value is 0.0130. The van der Waals surface area contributed by atoms with Crippen LogP contribution in [0.25, 0.3) is 16.0 Å². The Labute approximate surface area is 180 Å². The van der Waals surface area contributed by atoms with Gasteiger partial charge in [0, 0.05) is 0 Å². The van der Waals surface area contributed by atoms with E-state index in [2.05, 4.69) is 16.0 Å². The normalized spacial score (nSPS) is 11.5. The second-order valence-corrected chi connectivity index (χ2v) is 12.7. The van der Waals surface area contributed by atoms with E-state index in [1.807, 2.05) is 0 Å². The van der Waals surface area contributed by atoms with Gasteiger partial charge in [0.15, 0.2) is 0 Å². The zero-order valence-electron chi connectivity index (χ0n) is 16.1. The molecule has 0 saturated carbocycles. The summed E-state index contributed by atoms with van der Waals surface area (Å²) in [4.78, 5) is 0. The van der Waals surface area contributed by atoms with Crippen molar-refractivity contribution in [3.05, 3.63) is 40.2 Å². The van der Waals surface area contributed by atoms with Gasteiger partial charge in [-0.25, -0.2) is 0 Å². The van der Waals surface area contributed by atoms with Crippen molar-refractivity contribution in [1.82, 2.24) is 0 Å². The van der Waals surface area contributed by atoms with Gasteiger partial charge in [-0.1, -0.05) is 0 Å². The van der Waals surface area contributed by atoms with Crippen LogP contribution in [0.2, 0.25) is 0 Å². The molecule has 0 aliphatic carbocycles. The van der Waals surface area contributed by atoms with Crippen LogP contribution in [0.15, 0.2) is 24.3 Å². The SMILES string of the molecule is C[N-]C.C[N-]C.C[N-]C.F[C](F)(F)[Ge]([c-]1cccc1)([C](F)(F)F)[C](F)(F)F.[Hf+4]. The van der Waals surface area contributed by atoms with Crippen molar-refractivity contribution in [3.8, 4) is 0 Å². The Kier molecular flexibility index (Phi) is 20.0. The van der Waals surface area contributed by atoms with Crippen molar-refractivity contribution < 1.29 is 65.4 Å². The average Bonchev–Trinajstić information content (AvgIpc) is 2.90. The Balaban J connectivity index is -0.000000245. The number of hydrogen-bond acceptors (Lipinski definition) is 0. The molecular weight excluding hydrogens is 632 g/mol. The van der Waals surface area contributed by atoms with E-state index in [9.17, 15) is 39.5 Å². The van der Waals surface area contributed by atoms with Crippen LogP contribution in [0.5, 0.6) is 0 Å². The zero-order valence-corrected chi connectivity index (χ0v) is 21.7. The summed E-state index contributed by atoms with van der Waals surface area (Å²) in [5.74, 6) is 0. The van der Waals surface area contributed by atoms with Crippen LogP contribution in [-0.4, -0.2) is 70.6 Å². The maximum atomic E-state index is 12.6. The molecule has 3 nitrogen and oxygen atoms in total. The van der Waals surface area contributed by atoms with Crippen LogP contribution in [0, 0.1) is 0 Å². The third-order valence-electron chi connectivity index (χ3n) is 2.37. The first kappa shape index (κ1) is 35.4. The molecule has 1 aromatic carbocycles. The van der Waals surface area contributed by atoms with E-state index in [-0.39, 0.29) is 38.0 Å². The molecule has 0 aromatic heterocycles. The summed E-state index contributed by atoms with van der Waals surface area (Å²) in [6, 6.07) is 1.90. The molecule has 1 aromatic rings. The summed E-state index contributed by atoms with van der Waals surface area (Å²) in [7, 11) is 10.5. The summed E-state index contributed by atoms with van der Waals surface area (Å²) in [6.07, 6.45) is 0. The van der Waals surface area contributed by atoms with Gasteiger partial charge in [-0.15, -0.1) is 0 Å². The predicted molar refractivity (Wildman–Crippen MR) is 91.2 cm³/mol. The first-order chi connectivity index (χ1) is 12.1. The minimum Gasteiger partial charge on any atom is 4.00 e. The summed E-state index contributed by atoms with van der Waals surface area (Å²) in [5.41, 5.74) is 0. The van der Waals surface area contributed by atoms with E-state index in [0.717, 1.165) is 12.1 Å². The molecule has 0 heterocycles. The van der Waals surface area contributed by atoms with E-state index in [0.29, 0.717) is 0 Å². The number of nitrogens with zero attached hydrogens (tertiary/aromatic N) is 3. The van der Waals surface area contributed by atoms with Crippen molar-refractivity contribution in [2.75, 3.05) is 42.3 Å². The van der Waals surface area contributed by atoms with Gasteiger partial charge in [0.05, 0.1) is 0 Å². The first-order valence-corrected chi connectivity index (χ1v) is 11.2. The van der Waals surface area contributed by atoms with Gasteiger partial charge in [0.2, 0.25) is 0 Å². The largest absolute Gasteiger partial charge is 4.00 e. The Morgan fingerprint density at radius 1 is 0.571 bits per heavy atom. The van der Waals surface area contributed by atoms with Crippen LogP contribution < -0.4 is 4.40 Å². The average molecular weight is 654 g/mol. The van der Waals surface area contributed by atoms with Crippen LogP contribution in [0.4, 0.5) is 39.5 Å². The molecule has 0 amide bonds. The third kappa shape index (κ3) is 10.2. The van der Waals surface area contributed by atoms with Gasteiger partial charge < -0.3 is 16.0 Å². The van der Waals surface area contributed by atoms with E-state index < -0.39 is 32.7 Å². The van der Waals surface area contributed by atoms with Crippen LogP contribution in [0.3, 0.4) is 0 Å². The smallest absolute Gasteiger partial charge is 4.00 e. The molecule has 164 valence electrons. The molecule has 0 unspecified atom stereocenters. The van der Waals surface area contributed by atoms with E-state index >= 15 is 0 Å². The topological polar surface area (TPSA) is 42.3 Å². The first-order valence-electron chi connectivity index (χ1n) is 6.96. The standard InChI is InChI=1S/C8H4F9Ge.3C2H6N.Hf/c9-6(10,11)18(7(12,13)14,8(15,16)17)5-3-1-2-4-5;3*1-3-2;/h1-4H;3*1-2H3;/q4*-1;+4. The van der Waals surface area contributed by atoms with Crippen LogP contribution in [0.1, 0.15) is 0 Å². The monoisotopic (exact) mass is 657 g/mol. The maximum Gasteiger partial charge on any atom is 4.00 e. The van der Waals surface area contributed by atoms with E-state index in [1.54, 1.807) is 42.3 Å². The van der Waals surface area contributed by atoms with Gasteiger partial charge in [0.1, 0.15) is 0 Å². The third-order valence-corrected chi connectivity index (χ3v) is 10.2. The molecule has 0 saturated heterocycles. The van der Waals surface area contributed by atoms with Crippen molar-refractivity contribution in [2.24, 2.45) is 0 Å². The van der Waals surface area contributed by atoms with E-state index in [1.165, 1.54) is 0 Å². The Morgan fingerprint density at radius 2 is 0.750 bits per heavy atom. The summed E-state index contributed by atoms with van der Waals surface area (Å²) in [5, 5.41) is -8.57. The summed E-state index contributed by atoms with van der Waals surface area (Å²) < 4.78 is 111. The Morgan fingerprint density at radius 3 is 0.893 bits per heavy atom. The maximum absolute atomic E-state index is 12.6. The molecule has 0 atom stereocenters. The van der Waals surface area contributed by atoms with Crippen LogP contribution in [-0.2, 0) is 25.8 Å². The fraction of sp³-hybridized carbons (Fsp3) is 0.643. The zero-order chi connectivity index (χ0) is 22.5.